The number of halogens is 2. The lowest BCUT2D eigenvalue weighted by Gasteiger charge is -2.14. The van der Waals surface area contributed by atoms with Crippen molar-refractivity contribution in [3.63, 3.8) is 0 Å². The quantitative estimate of drug-likeness (QED) is 0.154. The second kappa shape index (κ2) is 9.93. The average Bonchev–Trinajstić information content (AvgIpc) is 3.06. The highest BCUT2D eigenvalue weighted by molar-refractivity contribution is 8.27. The van der Waals surface area contributed by atoms with E-state index in [1.165, 1.54) is 28.8 Å². The Morgan fingerprint density at radius 3 is 2.30 bits per heavy atom. The second-order valence-corrected chi connectivity index (χ2v) is 9.37. The van der Waals surface area contributed by atoms with E-state index < -0.39 is 4.92 Å². The summed E-state index contributed by atoms with van der Waals surface area (Å²) in [5, 5.41) is 11.3. The molecule has 3 aromatic rings. The molecule has 0 N–H and O–H groups in total. The van der Waals surface area contributed by atoms with Crippen molar-refractivity contribution < 1.29 is 14.5 Å². The molecule has 6 nitrogen and oxygen atoms in total. The van der Waals surface area contributed by atoms with Crippen LogP contribution in [0.25, 0.3) is 6.08 Å². The van der Waals surface area contributed by atoms with Gasteiger partial charge in [0.15, 0.2) is 10.1 Å². The van der Waals surface area contributed by atoms with Gasteiger partial charge in [0.05, 0.1) is 25.6 Å². The van der Waals surface area contributed by atoms with E-state index in [2.05, 4.69) is 0 Å². The molecule has 0 bridgehead atoms. The number of non-ortho nitro benzene ring substituents is 1. The highest BCUT2D eigenvalue weighted by Crippen LogP contribution is 2.39. The number of rotatable bonds is 6. The monoisotopic (exact) mass is 516 g/mol. The van der Waals surface area contributed by atoms with Crippen molar-refractivity contribution in [2.75, 3.05) is 4.90 Å². The van der Waals surface area contributed by atoms with Crippen molar-refractivity contribution in [3.8, 4) is 5.75 Å². The maximum Gasteiger partial charge on any atom is 0.270 e. The first-order valence-electron chi connectivity index (χ1n) is 9.51. The Morgan fingerprint density at radius 2 is 1.70 bits per heavy atom. The highest BCUT2D eigenvalue weighted by atomic mass is 35.5. The average molecular weight is 517 g/mol. The number of nitrogens with zero attached hydrogens (tertiary/aromatic N) is 2. The predicted molar refractivity (Wildman–Crippen MR) is 136 cm³/mol. The SMILES string of the molecule is O=C1/C(=C\c2cc(Cl)c(OCc3ccc([N+](=O)[O-])cc3)c(Cl)c2)SC(=S)N1c1ccccc1. The molecule has 0 aliphatic carbocycles. The van der Waals surface area contributed by atoms with Crippen LogP contribution < -0.4 is 9.64 Å². The topological polar surface area (TPSA) is 72.7 Å². The standard InChI is InChI=1S/C23H14Cl2N2O4S2/c24-18-10-15(12-20-22(28)26(23(32)33-20)16-4-2-1-3-5-16)11-19(25)21(18)31-13-14-6-8-17(9-7-14)27(29)30/h1-12H,13H2/b20-12+. The lowest BCUT2D eigenvalue weighted by atomic mass is 10.2. The fourth-order valence-corrected chi connectivity index (χ4v) is 5.00. The van der Waals surface area contributed by atoms with E-state index >= 15 is 0 Å². The van der Waals surface area contributed by atoms with Gasteiger partial charge in [0.2, 0.25) is 0 Å². The first-order chi connectivity index (χ1) is 15.8. The van der Waals surface area contributed by atoms with Crippen LogP contribution in [0.2, 0.25) is 10.0 Å². The summed E-state index contributed by atoms with van der Waals surface area (Å²) >= 11 is 19.4. The molecule has 1 aliphatic heterocycles. The van der Waals surface area contributed by atoms with Crippen LogP contribution in [0.1, 0.15) is 11.1 Å². The van der Waals surface area contributed by atoms with Crippen LogP contribution in [-0.4, -0.2) is 15.2 Å². The van der Waals surface area contributed by atoms with Gasteiger partial charge >= 0.3 is 0 Å². The Hall–Kier alpha value is -2.91. The van der Waals surface area contributed by atoms with Gasteiger partial charge in [-0.05, 0) is 53.6 Å². The number of ether oxygens (including phenoxy) is 1. The summed E-state index contributed by atoms with van der Waals surface area (Å²) in [5.74, 6) is 0.0626. The molecule has 0 atom stereocenters. The number of benzene rings is 3. The van der Waals surface area contributed by atoms with Gasteiger partial charge in [0.1, 0.15) is 6.61 Å². The minimum atomic E-state index is -0.468. The van der Waals surface area contributed by atoms with E-state index in [1.807, 2.05) is 30.3 Å². The van der Waals surface area contributed by atoms with Gasteiger partial charge in [-0.25, -0.2) is 0 Å². The smallest absolute Gasteiger partial charge is 0.270 e. The summed E-state index contributed by atoms with van der Waals surface area (Å²) in [7, 11) is 0. The summed E-state index contributed by atoms with van der Waals surface area (Å²) in [6.45, 7) is 0.131. The molecule has 0 unspecified atom stereocenters. The van der Waals surface area contributed by atoms with Crippen molar-refractivity contribution in [2.45, 2.75) is 6.61 Å². The number of nitro groups is 1. The van der Waals surface area contributed by atoms with Gasteiger partial charge in [-0.15, -0.1) is 0 Å². The lowest BCUT2D eigenvalue weighted by Crippen LogP contribution is -2.27. The van der Waals surface area contributed by atoms with Crippen LogP contribution in [0, 0.1) is 10.1 Å². The van der Waals surface area contributed by atoms with Crippen LogP contribution in [0.4, 0.5) is 11.4 Å². The molecular formula is C23H14Cl2N2O4S2. The summed E-state index contributed by atoms with van der Waals surface area (Å²) in [4.78, 5) is 25.1. The number of nitro benzene ring substituents is 1. The number of hydrogen-bond donors (Lipinski definition) is 0. The van der Waals surface area contributed by atoms with E-state index in [4.69, 9.17) is 40.2 Å². The van der Waals surface area contributed by atoms with Gasteiger partial charge in [-0.3, -0.25) is 19.8 Å². The molecule has 33 heavy (non-hydrogen) atoms. The Morgan fingerprint density at radius 1 is 1.06 bits per heavy atom. The Labute approximate surface area is 208 Å². The highest BCUT2D eigenvalue weighted by Gasteiger charge is 2.33. The fourth-order valence-electron chi connectivity index (χ4n) is 3.09. The van der Waals surface area contributed by atoms with E-state index in [1.54, 1.807) is 30.3 Å². The Balaban J connectivity index is 1.51. The lowest BCUT2D eigenvalue weighted by molar-refractivity contribution is -0.384. The van der Waals surface area contributed by atoms with E-state index in [0.29, 0.717) is 20.5 Å². The third-order valence-electron chi connectivity index (χ3n) is 4.66. The molecule has 0 spiro atoms. The fraction of sp³-hybridized carbons (Fsp3) is 0.0435. The number of carbonyl (C=O) groups excluding carboxylic acids is 1. The van der Waals surface area contributed by atoms with Crippen molar-refractivity contribution in [1.82, 2.24) is 0 Å². The summed E-state index contributed by atoms with van der Waals surface area (Å²) in [6, 6.07) is 18.5. The minimum Gasteiger partial charge on any atom is -0.486 e. The van der Waals surface area contributed by atoms with Crippen LogP contribution in [0.3, 0.4) is 0 Å². The number of para-hydroxylation sites is 1. The molecule has 166 valence electrons. The maximum atomic E-state index is 12.9. The van der Waals surface area contributed by atoms with E-state index in [-0.39, 0.29) is 34.0 Å². The summed E-state index contributed by atoms with van der Waals surface area (Å²) in [6.07, 6.45) is 1.68. The first kappa shape index (κ1) is 23.3. The van der Waals surface area contributed by atoms with Gasteiger partial charge < -0.3 is 4.74 Å². The first-order valence-corrected chi connectivity index (χ1v) is 11.5. The van der Waals surface area contributed by atoms with Crippen molar-refractivity contribution in [2.24, 2.45) is 0 Å². The maximum absolute atomic E-state index is 12.9. The zero-order chi connectivity index (χ0) is 23.5. The molecule has 1 aliphatic rings. The molecule has 0 saturated carbocycles. The molecule has 1 fully saturated rings. The largest absolute Gasteiger partial charge is 0.486 e. The molecule has 0 aromatic heterocycles. The van der Waals surface area contributed by atoms with Crippen molar-refractivity contribution >= 4 is 74.9 Å². The summed E-state index contributed by atoms with van der Waals surface area (Å²) < 4.78 is 6.18. The second-order valence-electron chi connectivity index (χ2n) is 6.88. The van der Waals surface area contributed by atoms with Gasteiger partial charge in [-0.1, -0.05) is 65.4 Å². The number of hydrogen-bond acceptors (Lipinski definition) is 6. The zero-order valence-corrected chi connectivity index (χ0v) is 19.9. The third-order valence-corrected chi connectivity index (χ3v) is 6.52. The number of thioether (sulfide) groups is 1. The molecular weight excluding hydrogens is 503 g/mol. The zero-order valence-electron chi connectivity index (χ0n) is 16.7. The van der Waals surface area contributed by atoms with Gasteiger partial charge in [-0.2, -0.15) is 0 Å². The number of carbonyl (C=O) groups is 1. The van der Waals surface area contributed by atoms with Crippen molar-refractivity contribution in [3.05, 3.63) is 103 Å². The molecule has 0 radical (unpaired) electrons. The van der Waals surface area contributed by atoms with Crippen LogP contribution in [-0.2, 0) is 11.4 Å². The third kappa shape index (κ3) is 5.20. The van der Waals surface area contributed by atoms with E-state index in [9.17, 15) is 14.9 Å². The Kier molecular flexibility index (Phi) is 6.99. The van der Waals surface area contributed by atoms with Crippen LogP contribution >= 0.6 is 47.2 Å². The normalized spacial score (nSPS) is 14.7. The van der Waals surface area contributed by atoms with E-state index in [0.717, 1.165) is 5.56 Å². The molecule has 3 aromatic carbocycles. The van der Waals surface area contributed by atoms with Crippen molar-refractivity contribution in [1.29, 1.82) is 0 Å². The van der Waals surface area contributed by atoms with Crippen LogP contribution in [0.5, 0.6) is 5.75 Å². The Bertz CT molecular complexity index is 1260. The van der Waals surface area contributed by atoms with Gasteiger partial charge in [0, 0.05) is 12.1 Å². The summed E-state index contributed by atoms with van der Waals surface area (Å²) in [5.41, 5.74) is 2.05. The van der Waals surface area contributed by atoms with Crippen LogP contribution in [0.15, 0.2) is 71.6 Å². The van der Waals surface area contributed by atoms with Gasteiger partial charge in [0.25, 0.3) is 11.6 Å². The molecule has 1 amide bonds. The molecule has 10 heteroatoms. The number of thiocarbonyl (C=S) groups is 1. The number of amides is 1. The predicted octanol–water partition coefficient (Wildman–Crippen LogP) is 6.89. The number of anilines is 1. The molecule has 1 heterocycles. The molecule has 1 saturated heterocycles. The minimum absolute atomic E-state index is 0.00292. The molecule has 4 rings (SSSR count).